The number of alkyl halides is 2. The van der Waals surface area contributed by atoms with Crippen LogP contribution < -0.4 is 0 Å². The molecule has 84 valence electrons. The van der Waals surface area contributed by atoms with Crippen LogP contribution in [0, 0.1) is 11.3 Å². The lowest BCUT2D eigenvalue weighted by Gasteiger charge is -2.08. The molecule has 0 aromatic heterocycles. The van der Waals surface area contributed by atoms with Gasteiger partial charge in [0.25, 0.3) is 6.43 Å². The van der Waals surface area contributed by atoms with Crippen molar-refractivity contribution in [1.82, 2.24) is 0 Å². The van der Waals surface area contributed by atoms with Crippen LogP contribution in [-0.4, -0.2) is 11.1 Å². The van der Waals surface area contributed by atoms with Crippen molar-refractivity contribution in [3.63, 3.8) is 0 Å². The molecular weight excluding hydrogens is 284 g/mol. The summed E-state index contributed by atoms with van der Waals surface area (Å²) in [6, 6.07) is 3.99. The Morgan fingerprint density at radius 1 is 1.56 bits per heavy atom. The highest BCUT2D eigenvalue weighted by Crippen LogP contribution is 2.30. The molecule has 0 aliphatic heterocycles. The van der Waals surface area contributed by atoms with Crippen molar-refractivity contribution in [3.05, 3.63) is 33.3 Å². The van der Waals surface area contributed by atoms with E-state index in [1.54, 1.807) is 6.07 Å². The lowest BCUT2D eigenvalue weighted by molar-refractivity contribution is -0.136. The number of carbonyl (C=O) groups is 1. The second kappa shape index (κ2) is 5.03. The molecule has 6 heteroatoms. The van der Waals surface area contributed by atoms with Crippen LogP contribution in [0.25, 0.3) is 0 Å². The molecule has 1 rings (SSSR count). The SMILES string of the molecule is N#Cc1c(C(F)F)ccc(CC(=O)O)c1Br. The van der Waals surface area contributed by atoms with Gasteiger partial charge in [-0.15, -0.1) is 0 Å². The van der Waals surface area contributed by atoms with Crippen LogP contribution in [0.15, 0.2) is 16.6 Å². The average molecular weight is 290 g/mol. The van der Waals surface area contributed by atoms with Gasteiger partial charge in [0.15, 0.2) is 0 Å². The number of rotatable bonds is 3. The van der Waals surface area contributed by atoms with Gasteiger partial charge in [0.2, 0.25) is 0 Å². The molecule has 0 fully saturated rings. The minimum absolute atomic E-state index is 0.121. The number of nitriles is 1. The predicted octanol–water partition coefficient (Wildman–Crippen LogP) is 2.89. The zero-order valence-corrected chi connectivity index (χ0v) is 9.46. The normalized spacial score (nSPS) is 10.2. The number of benzene rings is 1. The van der Waals surface area contributed by atoms with Gasteiger partial charge in [-0.05, 0) is 21.5 Å². The summed E-state index contributed by atoms with van der Waals surface area (Å²) in [6.45, 7) is 0. The number of nitrogens with zero attached hydrogens (tertiary/aromatic N) is 1. The Hall–Kier alpha value is -1.48. The molecule has 0 aliphatic carbocycles. The Labute approximate surface area is 98.4 Å². The Kier molecular flexibility index (Phi) is 3.96. The predicted molar refractivity (Wildman–Crippen MR) is 55.2 cm³/mol. The van der Waals surface area contributed by atoms with E-state index in [0.29, 0.717) is 5.56 Å². The first-order valence-electron chi connectivity index (χ1n) is 4.18. The third kappa shape index (κ3) is 2.55. The van der Waals surface area contributed by atoms with Crippen molar-refractivity contribution in [2.75, 3.05) is 0 Å². The Bertz CT molecular complexity index is 469. The largest absolute Gasteiger partial charge is 0.481 e. The lowest BCUT2D eigenvalue weighted by atomic mass is 10.0. The molecule has 16 heavy (non-hydrogen) atoms. The summed E-state index contributed by atoms with van der Waals surface area (Å²) < 4.78 is 25.1. The molecule has 0 bridgehead atoms. The van der Waals surface area contributed by atoms with E-state index in [1.807, 2.05) is 0 Å². The summed E-state index contributed by atoms with van der Waals surface area (Å²) in [7, 11) is 0. The van der Waals surface area contributed by atoms with E-state index in [2.05, 4.69) is 15.9 Å². The molecule has 1 aromatic carbocycles. The van der Waals surface area contributed by atoms with E-state index in [0.717, 1.165) is 6.07 Å². The number of halogens is 3. The van der Waals surface area contributed by atoms with Crippen molar-refractivity contribution in [2.45, 2.75) is 12.8 Å². The van der Waals surface area contributed by atoms with Gasteiger partial charge in [0.05, 0.1) is 12.0 Å². The van der Waals surface area contributed by atoms with Crippen LogP contribution in [-0.2, 0) is 11.2 Å². The monoisotopic (exact) mass is 289 g/mol. The van der Waals surface area contributed by atoms with Crippen LogP contribution in [0.3, 0.4) is 0 Å². The van der Waals surface area contributed by atoms with Crippen LogP contribution in [0.5, 0.6) is 0 Å². The van der Waals surface area contributed by atoms with Gasteiger partial charge in [0, 0.05) is 10.0 Å². The fourth-order valence-electron chi connectivity index (χ4n) is 1.23. The highest BCUT2D eigenvalue weighted by Gasteiger charge is 2.18. The maximum absolute atomic E-state index is 12.5. The lowest BCUT2D eigenvalue weighted by Crippen LogP contribution is -2.03. The van der Waals surface area contributed by atoms with Gasteiger partial charge in [-0.1, -0.05) is 12.1 Å². The zero-order valence-electron chi connectivity index (χ0n) is 7.88. The molecule has 0 spiro atoms. The van der Waals surface area contributed by atoms with Crippen molar-refractivity contribution < 1.29 is 18.7 Å². The van der Waals surface area contributed by atoms with E-state index in [-0.39, 0.29) is 16.5 Å². The molecule has 0 amide bonds. The van der Waals surface area contributed by atoms with Crippen molar-refractivity contribution >= 4 is 21.9 Å². The van der Waals surface area contributed by atoms with E-state index >= 15 is 0 Å². The van der Waals surface area contributed by atoms with Crippen molar-refractivity contribution in [2.24, 2.45) is 0 Å². The van der Waals surface area contributed by atoms with Gasteiger partial charge in [-0.3, -0.25) is 4.79 Å². The molecule has 0 atom stereocenters. The van der Waals surface area contributed by atoms with E-state index in [9.17, 15) is 13.6 Å². The third-order valence-electron chi connectivity index (χ3n) is 1.94. The van der Waals surface area contributed by atoms with Gasteiger partial charge < -0.3 is 5.11 Å². The van der Waals surface area contributed by atoms with Crippen LogP contribution in [0.4, 0.5) is 8.78 Å². The Balaban J connectivity index is 3.30. The molecule has 0 heterocycles. The maximum Gasteiger partial charge on any atom is 0.307 e. The minimum atomic E-state index is -2.76. The molecule has 0 saturated carbocycles. The number of carboxylic acids is 1. The Morgan fingerprint density at radius 3 is 2.62 bits per heavy atom. The number of aliphatic carboxylic acids is 1. The summed E-state index contributed by atoms with van der Waals surface area (Å²) in [4.78, 5) is 10.5. The van der Waals surface area contributed by atoms with Crippen LogP contribution in [0.2, 0.25) is 0 Å². The molecule has 1 N–H and O–H groups in total. The topological polar surface area (TPSA) is 61.1 Å². The summed E-state index contributed by atoms with van der Waals surface area (Å²) in [5.74, 6) is -1.09. The van der Waals surface area contributed by atoms with Crippen LogP contribution >= 0.6 is 15.9 Å². The fourth-order valence-corrected chi connectivity index (χ4v) is 1.82. The van der Waals surface area contributed by atoms with Crippen molar-refractivity contribution in [3.8, 4) is 6.07 Å². The second-order valence-electron chi connectivity index (χ2n) is 2.99. The summed E-state index contributed by atoms with van der Waals surface area (Å²) >= 11 is 2.97. The summed E-state index contributed by atoms with van der Waals surface area (Å²) in [5.41, 5.74) is -0.314. The zero-order chi connectivity index (χ0) is 12.3. The number of carboxylic acid groups (broad SMARTS) is 1. The summed E-state index contributed by atoms with van der Waals surface area (Å²) in [6.07, 6.45) is -3.08. The van der Waals surface area contributed by atoms with Gasteiger partial charge >= 0.3 is 5.97 Å². The average Bonchev–Trinajstić information content (AvgIpc) is 2.19. The van der Waals surface area contributed by atoms with Gasteiger partial charge in [-0.2, -0.15) is 5.26 Å². The van der Waals surface area contributed by atoms with Gasteiger partial charge in [0.1, 0.15) is 6.07 Å². The maximum atomic E-state index is 12.5. The third-order valence-corrected chi connectivity index (χ3v) is 2.85. The highest BCUT2D eigenvalue weighted by molar-refractivity contribution is 9.10. The van der Waals surface area contributed by atoms with Crippen molar-refractivity contribution in [1.29, 1.82) is 5.26 Å². The molecule has 0 unspecified atom stereocenters. The first-order chi connectivity index (χ1) is 7.47. The highest BCUT2D eigenvalue weighted by atomic mass is 79.9. The smallest absolute Gasteiger partial charge is 0.307 e. The molecule has 1 aromatic rings. The first kappa shape index (κ1) is 12.6. The molecular formula is C10H6BrF2NO2. The van der Waals surface area contributed by atoms with E-state index in [4.69, 9.17) is 10.4 Å². The van der Waals surface area contributed by atoms with E-state index in [1.165, 1.54) is 6.07 Å². The number of hydrogen-bond donors (Lipinski definition) is 1. The molecule has 0 radical (unpaired) electrons. The fraction of sp³-hybridized carbons (Fsp3) is 0.200. The second-order valence-corrected chi connectivity index (χ2v) is 3.78. The molecule has 0 aliphatic rings. The van der Waals surface area contributed by atoms with E-state index < -0.39 is 18.0 Å². The number of hydrogen-bond acceptors (Lipinski definition) is 2. The van der Waals surface area contributed by atoms with Crippen LogP contribution in [0.1, 0.15) is 23.1 Å². The standard InChI is InChI=1S/C10H6BrF2NO2/c11-9-5(3-8(15)16)1-2-6(10(12)13)7(9)4-14/h1-2,10H,3H2,(H,15,16). The van der Waals surface area contributed by atoms with Gasteiger partial charge in [-0.25, -0.2) is 8.78 Å². The minimum Gasteiger partial charge on any atom is -0.481 e. The summed E-state index contributed by atoms with van der Waals surface area (Å²) in [5, 5.41) is 17.3. The Morgan fingerprint density at radius 2 is 2.19 bits per heavy atom. The first-order valence-corrected chi connectivity index (χ1v) is 4.98. The molecule has 3 nitrogen and oxygen atoms in total. The molecule has 0 saturated heterocycles. The quantitative estimate of drug-likeness (QED) is 0.931.